The minimum absolute atomic E-state index is 0.271. The molecule has 0 unspecified atom stereocenters. The monoisotopic (exact) mass is 359 g/mol. The van der Waals surface area contributed by atoms with E-state index in [1.807, 2.05) is 30.5 Å². The summed E-state index contributed by atoms with van der Waals surface area (Å²) in [6.07, 6.45) is 3.41. The predicted molar refractivity (Wildman–Crippen MR) is 92.8 cm³/mol. The minimum atomic E-state index is -0.337. The van der Waals surface area contributed by atoms with Gasteiger partial charge in [0.15, 0.2) is 0 Å². The maximum Gasteiger partial charge on any atom is 0.214 e. The molecule has 0 saturated carbocycles. The maximum absolute atomic E-state index is 13.6. The van der Waals surface area contributed by atoms with E-state index in [2.05, 4.69) is 20.4 Å². The van der Waals surface area contributed by atoms with Crippen LogP contribution >= 0.6 is 22.9 Å². The highest BCUT2D eigenvalue weighted by atomic mass is 35.5. The van der Waals surface area contributed by atoms with Gasteiger partial charge in [-0.2, -0.15) is 0 Å². The van der Waals surface area contributed by atoms with E-state index in [-0.39, 0.29) is 12.4 Å². The molecule has 4 aromatic rings. The van der Waals surface area contributed by atoms with Gasteiger partial charge in [0.05, 0.1) is 24.1 Å². The molecule has 3 aromatic heterocycles. The van der Waals surface area contributed by atoms with Crippen LogP contribution in [-0.4, -0.2) is 19.6 Å². The molecule has 24 heavy (non-hydrogen) atoms. The van der Waals surface area contributed by atoms with Gasteiger partial charge in [0.2, 0.25) is 10.1 Å². The summed E-state index contributed by atoms with van der Waals surface area (Å²) < 4.78 is 15.3. The molecular weight excluding hydrogens is 349 g/mol. The van der Waals surface area contributed by atoms with Crippen molar-refractivity contribution in [3.63, 3.8) is 0 Å². The van der Waals surface area contributed by atoms with Gasteiger partial charge in [-0.1, -0.05) is 35.1 Å². The number of aromatic nitrogens is 4. The molecule has 0 amide bonds. The van der Waals surface area contributed by atoms with E-state index < -0.39 is 0 Å². The summed E-state index contributed by atoms with van der Waals surface area (Å²) >= 11 is 7.29. The van der Waals surface area contributed by atoms with Crippen LogP contribution in [0.2, 0.25) is 5.02 Å². The Kier molecular flexibility index (Phi) is 3.87. The Labute approximate surface area is 145 Å². The zero-order valence-electron chi connectivity index (χ0n) is 12.3. The number of halogens is 2. The molecule has 120 valence electrons. The molecule has 5 nitrogen and oxygen atoms in total. The summed E-state index contributed by atoms with van der Waals surface area (Å²) in [5, 5.41) is 8.82. The molecule has 0 saturated heterocycles. The number of rotatable bonds is 4. The van der Waals surface area contributed by atoms with Crippen LogP contribution in [-0.2, 0) is 6.54 Å². The van der Waals surface area contributed by atoms with Crippen molar-refractivity contribution in [1.82, 2.24) is 19.6 Å². The molecule has 1 N–H and O–H groups in total. The second-order valence-corrected chi connectivity index (χ2v) is 6.45. The number of benzene rings is 1. The van der Waals surface area contributed by atoms with Crippen molar-refractivity contribution in [2.24, 2.45) is 0 Å². The third-order valence-electron chi connectivity index (χ3n) is 3.42. The van der Waals surface area contributed by atoms with E-state index in [9.17, 15) is 4.39 Å². The SMILES string of the molecule is Fc1cccnc1CNc1nn2cc(-c3ccc(Cl)cc3)nc2s1. The summed E-state index contributed by atoms with van der Waals surface area (Å²) in [4.78, 5) is 9.31. The van der Waals surface area contributed by atoms with Crippen molar-refractivity contribution in [3.8, 4) is 11.3 Å². The van der Waals surface area contributed by atoms with E-state index in [4.69, 9.17) is 11.6 Å². The number of anilines is 1. The summed E-state index contributed by atoms with van der Waals surface area (Å²) in [5.74, 6) is -0.337. The van der Waals surface area contributed by atoms with E-state index in [0.717, 1.165) is 16.2 Å². The first-order chi connectivity index (χ1) is 11.7. The van der Waals surface area contributed by atoms with E-state index in [1.54, 1.807) is 16.8 Å². The van der Waals surface area contributed by atoms with Crippen LogP contribution in [0.1, 0.15) is 5.69 Å². The number of nitrogens with zero attached hydrogens (tertiary/aromatic N) is 4. The average molecular weight is 360 g/mol. The van der Waals surface area contributed by atoms with Gasteiger partial charge < -0.3 is 5.32 Å². The van der Waals surface area contributed by atoms with E-state index >= 15 is 0 Å². The van der Waals surface area contributed by atoms with Crippen LogP contribution in [0.15, 0.2) is 48.8 Å². The maximum atomic E-state index is 13.6. The third-order valence-corrected chi connectivity index (χ3v) is 4.56. The van der Waals surface area contributed by atoms with Crippen LogP contribution in [0.3, 0.4) is 0 Å². The lowest BCUT2D eigenvalue weighted by Gasteiger charge is -2.02. The second kappa shape index (κ2) is 6.18. The van der Waals surface area contributed by atoms with Gasteiger partial charge in [0.25, 0.3) is 0 Å². The van der Waals surface area contributed by atoms with Crippen molar-refractivity contribution in [3.05, 3.63) is 65.3 Å². The Morgan fingerprint density at radius 3 is 2.79 bits per heavy atom. The van der Waals surface area contributed by atoms with E-state index in [0.29, 0.717) is 15.8 Å². The molecule has 0 aliphatic rings. The van der Waals surface area contributed by atoms with Gasteiger partial charge in [-0.05, 0) is 24.3 Å². The molecular formula is C16H11ClFN5S. The zero-order valence-corrected chi connectivity index (χ0v) is 13.9. The highest BCUT2D eigenvalue weighted by molar-refractivity contribution is 7.20. The normalized spacial score (nSPS) is 11.1. The quantitative estimate of drug-likeness (QED) is 0.591. The second-order valence-electron chi connectivity index (χ2n) is 5.05. The summed E-state index contributed by atoms with van der Waals surface area (Å²) in [6, 6.07) is 10.4. The number of hydrogen-bond acceptors (Lipinski definition) is 5. The van der Waals surface area contributed by atoms with Gasteiger partial charge in [0.1, 0.15) is 5.82 Å². The number of imidazole rings is 1. The highest BCUT2D eigenvalue weighted by Gasteiger charge is 2.10. The van der Waals surface area contributed by atoms with Crippen LogP contribution in [0.25, 0.3) is 16.2 Å². The summed E-state index contributed by atoms with van der Waals surface area (Å²) in [6.45, 7) is 0.271. The van der Waals surface area contributed by atoms with Gasteiger partial charge in [-0.3, -0.25) is 4.98 Å². The van der Waals surface area contributed by atoms with Crippen LogP contribution in [0, 0.1) is 5.82 Å². The Bertz CT molecular complexity index is 964. The fraction of sp³-hybridized carbons (Fsp3) is 0.0625. The Balaban J connectivity index is 1.53. The minimum Gasteiger partial charge on any atom is -0.354 e. The van der Waals surface area contributed by atoms with Gasteiger partial charge in [-0.15, -0.1) is 5.10 Å². The molecule has 0 radical (unpaired) electrons. The first kappa shape index (κ1) is 15.0. The van der Waals surface area contributed by atoms with Crippen molar-refractivity contribution in [2.75, 3.05) is 5.32 Å². The fourth-order valence-electron chi connectivity index (χ4n) is 2.24. The largest absolute Gasteiger partial charge is 0.354 e. The molecule has 8 heteroatoms. The first-order valence-corrected chi connectivity index (χ1v) is 8.34. The highest BCUT2D eigenvalue weighted by Crippen LogP contribution is 2.25. The molecule has 0 aliphatic heterocycles. The zero-order chi connectivity index (χ0) is 16.5. The summed E-state index contributed by atoms with van der Waals surface area (Å²) in [7, 11) is 0. The van der Waals surface area contributed by atoms with Gasteiger partial charge >= 0.3 is 0 Å². The van der Waals surface area contributed by atoms with Crippen molar-refractivity contribution in [1.29, 1.82) is 0 Å². The molecule has 0 atom stereocenters. The number of hydrogen-bond donors (Lipinski definition) is 1. The lowest BCUT2D eigenvalue weighted by atomic mass is 10.2. The van der Waals surface area contributed by atoms with Crippen molar-refractivity contribution < 1.29 is 4.39 Å². The molecule has 3 heterocycles. The molecule has 0 bridgehead atoms. The Hall–Kier alpha value is -2.51. The standard InChI is InChI=1S/C16H11ClFN5S/c17-11-5-3-10(4-6-11)14-9-23-16(21-14)24-15(22-23)20-8-13-12(18)2-1-7-19-13/h1-7,9H,8H2,(H,20,22). The van der Waals surface area contributed by atoms with Gasteiger partial charge in [-0.25, -0.2) is 13.9 Å². The number of nitrogens with one attached hydrogen (secondary N) is 1. The van der Waals surface area contributed by atoms with Crippen LogP contribution in [0.5, 0.6) is 0 Å². The Morgan fingerprint density at radius 1 is 1.21 bits per heavy atom. The number of fused-ring (bicyclic) bond motifs is 1. The molecule has 0 spiro atoms. The lowest BCUT2D eigenvalue weighted by molar-refractivity contribution is 0.602. The van der Waals surface area contributed by atoms with Crippen LogP contribution in [0.4, 0.5) is 9.52 Å². The smallest absolute Gasteiger partial charge is 0.214 e. The molecule has 4 rings (SSSR count). The number of pyridine rings is 1. The molecule has 0 aliphatic carbocycles. The van der Waals surface area contributed by atoms with Crippen molar-refractivity contribution >= 4 is 33.0 Å². The fourth-order valence-corrected chi connectivity index (χ4v) is 3.14. The average Bonchev–Trinajstić information content (AvgIpc) is 3.13. The summed E-state index contributed by atoms with van der Waals surface area (Å²) in [5.41, 5.74) is 2.15. The molecule has 0 fully saturated rings. The Morgan fingerprint density at radius 2 is 2.04 bits per heavy atom. The van der Waals surface area contributed by atoms with Gasteiger partial charge in [0, 0.05) is 16.8 Å². The molecule has 1 aromatic carbocycles. The predicted octanol–water partition coefficient (Wildman–Crippen LogP) is 4.26. The first-order valence-electron chi connectivity index (χ1n) is 7.14. The van der Waals surface area contributed by atoms with Crippen molar-refractivity contribution in [2.45, 2.75) is 6.54 Å². The lowest BCUT2D eigenvalue weighted by Crippen LogP contribution is -2.04. The van der Waals surface area contributed by atoms with E-state index in [1.165, 1.54) is 17.4 Å². The third kappa shape index (κ3) is 2.95. The van der Waals surface area contributed by atoms with Crippen LogP contribution < -0.4 is 5.32 Å². The topological polar surface area (TPSA) is 55.1 Å².